The number of hydrogen-bond donors (Lipinski definition) is 0. The van der Waals surface area contributed by atoms with Gasteiger partial charge in [-0.25, -0.2) is 9.37 Å². The normalized spacial score (nSPS) is 19.5. The van der Waals surface area contributed by atoms with Gasteiger partial charge in [-0.3, -0.25) is 4.90 Å². The molecule has 1 fully saturated rings. The first-order valence-electron chi connectivity index (χ1n) is 6.92. The van der Waals surface area contributed by atoms with Gasteiger partial charge in [0.2, 0.25) is 5.89 Å². The minimum atomic E-state index is -0.495. The van der Waals surface area contributed by atoms with Crippen LogP contribution in [-0.2, 0) is 11.3 Å². The molecule has 0 N–H and O–H groups in total. The highest BCUT2D eigenvalue weighted by Crippen LogP contribution is 2.32. The number of nitrogens with zero attached hydrogens (tertiary/aromatic N) is 2. The Morgan fingerprint density at radius 3 is 2.91 bits per heavy atom. The maximum atomic E-state index is 13.7. The molecule has 0 unspecified atom stereocenters. The number of halogens is 3. The summed E-state index contributed by atoms with van der Waals surface area (Å²) < 4.78 is 24.9. The van der Waals surface area contributed by atoms with Crippen molar-refractivity contribution in [1.82, 2.24) is 9.88 Å². The van der Waals surface area contributed by atoms with Gasteiger partial charge < -0.3 is 9.15 Å². The number of aryl methyl sites for hydroxylation is 1. The molecule has 0 saturated carbocycles. The summed E-state index contributed by atoms with van der Waals surface area (Å²) in [5.74, 6) is 0.944. The summed E-state index contributed by atoms with van der Waals surface area (Å²) in [6.45, 7) is 4.31. The van der Waals surface area contributed by atoms with E-state index >= 15 is 0 Å². The molecule has 0 spiro atoms. The first kappa shape index (κ1) is 15.7. The van der Waals surface area contributed by atoms with Crippen LogP contribution in [0, 0.1) is 12.7 Å². The fourth-order valence-corrected chi connectivity index (χ4v) is 2.99. The Labute approximate surface area is 137 Å². The molecule has 1 aromatic heterocycles. The smallest absolute Gasteiger partial charge is 0.208 e. The number of morpholine rings is 1. The van der Waals surface area contributed by atoms with Crippen molar-refractivity contribution in [2.24, 2.45) is 0 Å². The van der Waals surface area contributed by atoms with Crippen LogP contribution in [0.2, 0.25) is 10.0 Å². The van der Waals surface area contributed by atoms with E-state index in [0.29, 0.717) is 36.2 Å². The van der Waals surface area contributed by atoms with Crippen LogP contribution in [0.4, 0.5) is 4.39 Å². The van der Waals surface area contributed by atoms with Crippen molar-refractivity contribution >= 4 is 23.2 Å². The Morgan fingerprint density at radius 1 is 1.36 bits per heavy atom. The van der Waals surface area contributed by atoms with Gasteiger partial charge in [0.05, 0.1) is 30.5 Å². The second-order valence-corrected chi connectivity index (χ2v) is 6.06. The van der Waals surface area contributed by atoms with Gasteiger partial charge in [-0.05, 0) is 19.1 Å². The average Bonchev–Trinajstić information content (AvgIpc) is 2.88. The molecule has 1 aromatic carbocycles. The largest absolute Gasteiger partial charge is 0.445 e. The first-order chi connectivity index (χ1) is 10.5. The van der Waals surface area contributed by atoms with E-state index in [2.05, 4.69) is 9.88 Å². The highest BCUT2D eigenvalue weighted by atomic mass is 35.5. The van der Waals surface area contributed by atoms with Crippen molar-refractivity contribution in [1.29, 1.82) is 0 Å². The van der Waals surface area contributed by atoms with Crippen LogP contribution < -0.4 is 0 Å². The number of rotatable bonds is 3. The Morgan fingerprint density at radius 2 is 2.18 bits per heavy atom. The Bertz CT molecular complexity index is 678. The highest BCUT2D eigenvalue weighted by molar-refractivity contribution is 6.35. The topological polar surface area (TPSA) is 38.5 Å². The molecule has 1 saturated heterocycles. The van der Waals surface area contributed by atoms with Crippen molar-refractivity contribution in [2.75, 3.05) is 19.7 Å². The summed E-state index contributed by atoms with van der Waals surface area (Å²) in [6.07, 6.45) is 1.39. The van der Waals surface area contributed by atoms with Crippen molar-refractivity contribution < 1.29 is 13.5 Å². The predicted octanol–water partition coefficient (Wildman–Crippen LogP) is 4.00. The lowest BCUT2D eigenvalue weighted by Crippen LogP contribution is -2.38. The number of aromatic nitrogens is 1. The van der Waals surface area contributed by atoms with E-state index in [1.165, 1.54) is 12.1 Å². The second-order valence-electron chi connectivity index (χ2n) is 5.25. The third-order valence-corrected chi connectivity index (χ3v) is 4.18. The molecule has 0 amide bonds. The lowest BCUT2D eigenvalue weighted by atomic mass is 10.1. The third-order valence-electron chi connectivity index (χ3n) is 3.57. The Kier molecular flexibility index (Phi) is 4.68. The summed E-state index contributed by atoms with van der Waals surface area (Å²) >= 11 is 11.9. The fraction of sp³-hybridized carbons (Fsp3) is 0.400. The van der Waals surface area contributed by atoms with E-state index in [1.807, 2.05) is 6.92 Å². The minimum Gasteiger partial charge on any atom is -0.445 e. The maximum absolute atomic E-state index is 13.7. The molecular formula is C15H15Cl2FN2O2. The molecule has 4 nitrogen and oxygen atoms in total. The molecule has 2 heterocycles. The lowest BCUT2D eigenvalue weighted by Gasteiger charge is -2.32. The van der Waals surface area contributed by atoms with Crippen LogP contribution in [0.25, 0.3) is 0 Å². The molecule has 0 aliphatic carbocycles. The van der Waals surface area contributed by atoms with Gasteiger partial charge in [0.25, 0.3) is 0 Å². The van der Waals surface area contributed by atoms with E-state index < -0.39 is 5.82 Å². The van der Waals surface area contributed by atoms with E-state index in [4.69, 9.17) is 32.4 Å². The van der Waals surface area contributed by atoms with E-state index in [1.54, 1.807) is 6.20 Å². The molecule has 1 atom stereocenters. The molecule has 0 radical (unpaired) electrons. The van der Waals surface area contributed by atoms with Gasteiger partial charge >= 0.3 is 0 Å². The fourth-order valence-electron chi connectivity index (χ4n) is 2.48. The highest BCUT2D eigenvalue weighted by Gasteiger charge is 2.25. The van der Waals surface area contributed by atoms with Gasteiger partial charge in [0.1, 0.15) is 11.6 Å². The molecule has 3 rings (SSSR count). The molecule has 22 heavy (non-hydrogen) atoms. The minimum absolute atomic E-state index is 0.0108. The van der Waals surface area contributed by atoms with Crippen molar-refractivity contribution in [3.8, 4) is 0 Å². The number of oxazole rings is 1. The van der Waals surface area contributed by atoms with Gasteiger partial charge in [0.15, 0.2) is 0 Å². The SMILES string of the molecule is Cc1cnc(CN2CCO[C@@H](c3cc(F)c(Cl)cc3Cl)C2)o1. The van der Waals surface area contributed by atoms with Crippen molar-refractivity contribution in [3.63, 3.8) is 0 Å². The molecule has 1 aliphatic heterocycles. The predicted molar refractivity (Wildman–Crippen MR) is 81.6 cm³/mol. The van der Waals surface area contributed by atoms with E-state index in [9.17, 15) is 4.39 Å². The maximum Gasteiger partial charge on any atom is 0.208 e. The zero-order valence-corrected chi connectivity index (χ0v) is 13.5. The quantitative estimate of drug-likeness (QED) is 0.788. The average molecular weight is 345 g/mol. The third kappa shape index (κ3) is 3.43. The number of hydrogen-bond acceptors (Lipinski definition) is 4. The van der Waals surface area contributed by atoms with E-state index in [0.717, 1.165) is 12.3 Å². The molecular weight excluding hydrogens is 330 g/mol. The van der Waals surface area contributed by atoms with Crippen LogP contribution in [0.3, 0.4) is 0 Å². The summed E-state index contributed by atoms with van der Waals surface area (Å²) in [4.78, 5) is 6.34. The molecule has 2 aromatic rings. The summed E-state index contributed by atoms with van der Waals surface area (Å²) in [5, 5.41) is 0.418. The summed E-state index contributed by atoms with van der Waals surface area (Å²) in [6, 6.07) is 2.75. The van der Waals surface area contributed by atoms with Crippen molar-refractivity contribution in [3.05, 3.63) is 51.4 Å². The summed E-state index contributed by atoms with van der Waals surface area (Å²) in [7, 11) is 0. The molecule has 118 valence electrons. The molecule has 7 heteroatoms. The van der Waals surface area contributed by atoms with Gasteiger partial charge in [-0.2, -0.15) is 0 Å². The van der Waals surface area contributed by atoms with Crippen LogP contribution in [0.15, 0.2) is 22.7 Å². The van der Waals surface area contributed by atoms with Crippen LogP contribution in [-0.4, -0.2) is 29.6 Å². The lowest BCUT2D eigenvalue weighted by molar-refractivity contribution is -0.0352. The monoisotopic (exact) mass is 344 g/mol. The van der Waals surface area contributed by atoms with Crippen LogP contribution in [0.1, 0.15) is 23.3 Å². The zero-order valence-electron chi connectivity index (χ0n) is 12.0. The van der Waals surface area contributed by atoms with Gasteiger partial charge in [0, 0.05) is 23.7 Å². The number of ether oxygens (including phenoxy) is 1. The van der Waals surface area contributed by atoms with Gasteiger partial charge in [-0.1, -0.05) is 23.2 Å². The zero-order chi connectivity index (χ0) is 15.7. The van der Waals surface area contributed by atoms with Crippen molar-refractivity contribution in [2.45, 2.75) is 19.6 Å². The first-order valence-corrected chi connectivity index (χ1v) is 7.68. The standard InChI is InChI=1S/C15H15Cl2FN2O2/c1-9-6-19-15(22-9)8-20-2-3-21-14(7-20)10-4-13(18)12(17)5-11(10)16/h4-6,14H,2-3,7-8H2,1H3/t14-/m1/s1. The van der Waals surface area contributed by atoms with Crippen LogP contribution >= 0.6 is 23.2 Å². The Balaban J connectivity index is 1.74. The number of benzene rings is 1. The molecule has 1 aliphatic rings. The molecule has 0 bridgehead atoms. The van der Waals surface area contributed by atoms with Gasteiger partial charge in [-0.15, -0.1) is 0 Å². The van der Waals surface area contributed by atoms with E-state index in [-0.39, 0.29) is 11.1 Å². The summed E-state index contributed by atoms with van der Waals surface area (Å²) in [5.41, 5.74) is 0.608. The Hall–Kier alpha value is -1.14. The van der Waals surface area contributed by atoms with Crippen LogP contribution in [0.5, 0.6) is 0 Å². The second kappa shape index (κ2) is 6.54.